The van der Waals surface area contributed by atoms with Gasteiger partial charge in [-0.05, 0) is 70.8 Å². The number of ether oxygens (including phenoxy) is 2. The molecular formula is C32H31F3N6O6S. The Hall–Kier alpha value is -4.51. The summed E-state index contributed by atoms with van der Waals surface area (Å²) in [4.78, 5) is 25.2. The lowest BCUT2D eigenvalue weighted by atomic mass is 10.0. The van der Waals surface area contributed by atoms with Gasteiger partial charge in [-0.15, -0.1) is 5.10 Å². The lowest BCUT2D eigenvalue weighted by Crippen LogP contribution is -2.48. The summed E-state index contributed by atoms with van der Waals surface area (Å²) < 4.78 is 53.4. The van der Waals surface area contributed by atoms with E-state index in [0.717, 1.165) is 11.1 Å². The van der Waals surface area contributed by atoms with Gasteiger partial charge in [0.2, 0.25) is 11.1 Å². The average molecular weight is 685 g/mol. The molecule has 0 aliphatic carbocycles. The Morgan fingerprint density at radius 3 is 2.38 bits per heavy atom. The summed E-state index contributed by atoms with van der Waals surface area (Å²) in [7, 11) is 0. The molecule has 4 aromatic rings. The van der Waals surface area contributed by atoms with Crippen LogP contribution < -0.4 is 5.32 Å². The van der Waals surface area contributed by atoms with Gasteiger partial charge in [0.15, 0.2) is 6.29 Å². The number of aliphatic hydroxyl groups is 1. The number of aliphatic hydroxyl groups excluding tert-OH is 1. The van der Waals surface area contributed by atoms with Crippen molar-refractivity contribution in [1.29, 1.82) is 0 Å². The Bertz CT molecular complexity index is 1720. The smallest absolute Gasteiger partial charge is 0.471 e. The zero-order valence-electron chi connectivity index (χ0n) is 25.3. The molecule has 3 N–H and O–H groups in total. The maximum atomic E-state index is 13.0. The van der Waals surface area contributed by atoms with Crippen molar-refractivity contribution >= 4 is 29.3 Å². The van der Waals surface area contributed by atoms with Crippen molar-refractivity contribution in [2.24, 2.45) is 0 Å². The van der Waals surface area contributed by atoms with Crippen LogP contribution in [0.3, 0.4) is 0 Å². The second-order valence-corrected chi connectivity index (χ2v) is 12.3. The first kappa shape index (κ1) is 33.4. The minimum Gasteiger partial charge on any atom is -0.508 e. The summed E-state index contributed by atoms with van der Waals surface area (Å²) in [5, 5.41) is 34.3. The van der Waals surface area contributed by atoms with Gasteiger partial charge >= 0.3 is 12.1 Å². The standard InChI is InChI=1S/C32H31F3N6O6S/c33-32(34,35)30(45)40-15-1-2-26(40)28(44)36-22-9-7-21(8-10-22)29-46-25(16-27(47-29)20-5-3-19(17-42)4-6-20)18-48-31-37-38-39-41(31)23-11-13-24(43)14-12-23/h3-14,25-27,29,42-43H,1-2,15-18H2,(H,36,44)/t25-,26-,27+,29+/m0/s1. The second-order valence-electron chi connectivity index (χ2n) is 11.3. The molecule has 1 aromatic heterocycles. The number of carbonyl (C=O) groups excluding carboxylic acids is 2. The lowest BCUT2D eigenvalue weighted by Gasteiger charge is -2.36. The molecule has 2 fully saturated rings. The number of likely N-dealkylation sites (tertiary alicyclic amines) is 1. The number of alkyl halides is 3. The number of thioether (sulfide) groups is 1. The molecule has 0 unspecified atom stereocenters. The number of phenolic OH excluding ortho intramolecular Hbond substituents is 1. The largest absolute Gasteiger partial charge is 0.508 e. The quantitative estimate of drug-likeness (QED) is 0.212. The van der Waals surface area contributed by atoms with Crippen LogP contribution in [-0.2, 0) is 25.7 Å². The van der Waals surface area contributed by atoms with Crippen molar-refractivity contribution in [2.45, 2.75) is 61.7 Å². The molecule has 6 rings (SSSR count). The van der Waals surface area contributed by atoms with Crippen LogP contribution in [0.2, 0.25) is 0 Å². The first-order chi connectivity index (χ1) is 23.1. The molecule has 2 amide bonds. The van der Waals surface area contributed by atoms with Crippen LogP contribution >= 0.6 is 11.8 Å². The molecule has 3 heterocycles. The fourth-order valence-corrected chi connectivity index (χ4v) is 6.52. The first-order valence-electron chi connectivity index (χ1n) is 15.1. The number of benzene rings is 3. The van der Waals surface area contributed by atoms with Crippen LogP contribution in [0.15, 0.2) is 78.0 Å². The van der Waals surface area contributed by atoms with Crippen LogP contribution in [-0.4, -0.2) is 77.8 Å². The number of nitrogens with one attached hydrogen (secondary N) is 1. The van der Waals surface area contributed by atoms with E-state index < -0.39 is 30.3 Å². The highest BCUT2D eigenvalue weighted by molar-refractivity contribution is 7.99. The van der Waals surface area contributed by atoms with Crippen molar-refractivity contribution in [3.63, 3.8) is 0 Å². The summed E-state index contributed by atoms with van der Waals surface area (Å²) in [6, 6.07) is 19.3. The summed E-state index contributed by atoms with van der Waals surface area (Å²) in [6.45, 7) is -0.229. The molecule has 12 nitrogen and oxygen atoms in total. The molecule has 2 aliphatic rings. The molecule has 0 bridgehead atoms. The second kappa shape index (κ2) is 14.3. The highest BCUT2D eigenvalue weighted by atomic mass is 32.2. The number of nitrogens with zero attached hydrogens (tertiary/aromatic N) is 5. The molecule has 2 aliphatic heterocycles. The third-order valence-electron chi connectivity index (χ3n) is 8.06. The summed E-state index contributed by atoms with van der Waals surface area (Å²) in [5.41, 5.74) is 3.31. The Morgan fingerprint density at radius 2 is 1.69 bits per heavy atom. The molecule has 4 atom stereocenters. The number of aromatic nitrogens is 4. The molecule has 2 saturated heterocycles. The predicted octanol–water partition coefficient (Wildman–Crippen LogP) is 4.69. The molecule has 0 radical (unpaired) electrons. The Kier molecular flexibility index (Phi) is 9.96. The molecular weight excluding hydrogens is 653 g/mol. The molecule has 252 valence electrons. The molecule has 0 saturated carbocycles. The van der Waals surface area contributed by atoms with Gasteiger partial charge in [-0.1, -0.05) is 48.2 Å². The highest BCUT2D eigenvalue weighted by Crippen LogP contribution is 2.40. The first-order valence-corrected chi connectivity index (χ1v) is 16.1. The van der Waals surface area contributed by atoms with E-state index in [2.05, 4.69) is 20.8 Å². The van der Waals surface area contributed by atoms with Gasteiger partial charge in [0.25, 0.3) is 0 Å². The Labute approximate surface area is 276 Å². The Morgan fingerprint density at radius 1 is 0.979 bits per heavy atom. The van der Waals surface area contributed by atoms with E-state index in [9.17, 15) is 33.0 Å². The van der Waals surface area contributed by atoms with Gasteiger partial charge in [-0.3, -0.25) is 9.59 Å². The molecule has 3 aromatic carbocycles. The fourth-order valence-electron chi connectivity index (χ4n) is 5.61. The minimum atomic E-state index is -5.05. The molecule has 0 spiro atoms. The van der Waals surface area contributed by atoms with Gasteiger partial charge in [-0.2, -0.15) is 17.9 Å². The molecule has 16 heteroatoms. The van der Waals surface area contributed by atoms with Gasteiger partial charge in [-0.25, -0.2) is 0 Å². The van der Waals surface area contributed by atoms with Crippen LogP contribution in [0, 0.1) is 0 Å². The van der Waals surface area contributed by atoms with Gasteiger partial charge in [0, 0.05) is 30.0 Å². The SMILES string of the molecule is O=C(Nc1ccc([C@@H]2O[C@H](CSc3nnnn3-c3ccc(O)cc3)C[C@H](c3ccc(CO)cc3)O2)cc1)[C@@H]1CCCN1C(=O)C(F)(F)F. The van der Waals surface area contributed by atoms with Crippen LogP contribution in [0.25, 0.3) is 5.69 Å². The third-order valence-corrected chi connectivity index (χ3v) is 9.11. The van der Waals surface area contributed by atoms with E-state index in [1.165, 1.54) is 11.8 Å². The summed E-state index contributed by atoms with van der Waals surface area (Å²) in [5.74, 6) is -2.13. The van der Waals surface area contributed by atoms with E-state index >= 15 is 0 Å². The number of hydrogen-bond donors (Lipinski definition) is 3. The van der Waals surface area contributed by atoms with E-state index in [-0.39, 0.29) is 37.5 Å². The molecule has 48 heavy (non-hydrogen) atoms. The number of rotatable bonds is 9. The zero-order chi connectivity index (χ0) is 33.8. The number of amides is 2. The Balaban J connectivity index is 1.16. The van der Waals surface area contributed by atoms with E-state index in [0.29, 0.717) is 45.6 Å². The van der Waals surface area contributed by atoms with Crippen LogP contribution in [0.5, 0.6) is 5.75 Å². The van der Waals surface area contributed by atoms with E-state index in [1.54, 1.807) is 53.2 Å². The maximum absolute atomic E-state index is 13.0. The van der Waals surface area contributed by atoms with Gasteiger partial charge < -0.3 is 29.9 Å². The van der Waals surface area contributed by atoms with Gasteiger partial charge in [0.05, 0.1) is 24.5 Å². The van der Waals surface area contributed by atoms with Crippen molar-refractivity contribution in [1.82, 2.24) is 25.1 Å². The lowest BCUT2D eigenvalue weighted by molar-refractivity contribution is -0.245. The highest BCUT2D eigenvalue weighted by Gasteiger charge is 2.47. The number of anilines is 1. The van der Waals surface area contributed by atoms with Crippen molar-refractivity contribution < 1.29 is 42.4 Å². The average Bonchev–Trinajstić information content (AvgIpc) is 3.78. The normalized spacial score (nSPS) is 21.3. The minimum absolute atomic E-state index is 0.0904. The van der Waals surface area contributed by atoms with Crippen molar-refractivity contribution in [3.05, 3.63) is 89.5 Å². The fraction of sp³-hybridized carbons (Fsp3) is 0.344. The van der Waals surface area contributed by atoms with E-state index in [4.69, 9.17) is 9.47 Å². The topological polar surface area (TPSA) is 152 Å². The van der Waals surface area contributed by atoms with Crippen molar-refractivity contribution in [2.75, 3.05) is 17.6 Å². The predicted molar refractivity (Wildman–Crippen MR) is 166 cm³/mol. The number of aromatic hydroxyl groups is 1. The van der Waals surface area contributed by atoms with Crippen LogP contribution in [0.1, 0.15) is 48.3 Å². The number of phenols is 1. The van der Waals surface area contributed by atoms with Crippen LogP contribution in [0.4, 0.5) is 18.9 Å². The number of hydrogen-bond acceptors (Lipinski definition) is 10. The monoisotopic (exact) mass is 684 g/mol. The number of tetrazole rings is 1. The summed E-state index contributed by atoms with van der Waals surface area (Å²) in [6.07, 6.45) is -5.61. The van der Waals surface area contributed by atoms with Gasteiger partial charge in [0.1, 0.15) is 11.8 Å². The number of carbonyl (C=O) groups is 2. The zero-order valence-corrected chi connectivity index (χ0v) is 26.1. The van der Waals surface area contributed by atoms with E-state index in [1.807, 2.05) is 24.3 Å². The third kappa shape index (κ3) is 7.62. The summed E-state index contributed by atoms with van der Waals surface area (Å²) >= 11 is 1.39. The number of halogens is 3. The van der Waals surface area contributed by atoms with Crippen molar-refractivity contribution in [3.8, 4) is 11.4 Å². The maximum Gasteiger partial charge on any atom is 0.471 e.